The van der Waals surface area contributed by atoms with E-state index in [1.54, 1.807) is 0 Å². The first-order valence-corrected chi connectivity index (χ1v) is 33.6. The van der Waals surface area contributed by atoms with Gasteiger partial charge >= 0.3 is 18.9 Å². The molecule has 0 aromatic carbocycles. The average molecular weight is 1090 g/mol. The Labute approximate surface area is 488 Å². The van der Waals surface area contributed by atoms with Gasteiger partial charge in [-0.25, -0.2) is 0 Å². The number of nitriles is 3. The summed E-state index contributed by atoms with van der Waals surface area (Å²) in [5.74, 6) is 11.2. The standard InChI is InChI=1S/C22H35NO.C22H33NO.C21H31NO2.C2H7P.Li.2H2O/c2*1-13-9-10-21(3)17(14(13)2)8-6-16-18-7-5-15(12-23)22(18,4)11-19(24)20(16)21;1-12-15-7-5-14-16-6-4-13(11-22)21(16,3)10-18(24)19(14)20(15,2)9-8-17(12)23;1-3-2;;;/h13-20,24H,5-11H2,1-4H3;13-18,20H,5-11H2,1-4H3;12-17,19,23H,4-10H2,1-3H3;3H,1-2H3;;2*1H2/q;;;;+1;;/p-1/t13-,14+,15-,16+,17+,18+,19+,20-,21+,22-;13-,14+,15-,16+,17+,18+,20-,21+,22-;12-,13-,14+,15+,16+,17-,19-,20+,21-;;;;/m111..../s1. The number of hydrogen-bond acceptors (Lipinski definition) is 8. The fourth-order valence-corrected chi connectivity index (χ4v) is 23.9. The van der Waals surface area contributed by atoms with Gasteiger partial charge in [0.2, 0.25) is 0 Å². The van der Waals surface area contributed by atoms with Crippen molar-refractivity contribution in [1.29, 1.82) is 15.8 Å². The fraction of sp³-hybridized carbons (Fsp3) is 0.925. The Balaban J connectivity index is 0.000000181. The van der Waals surface area contributed by atoms with Crippen LogP contribution in [0.2, 0.25) is 0 Å². The van der Waals surface area contributed by atoms with Crippen LogP contribution >= 0.6 is 8.58 Å². The number of carbonyl (C=O) groups excluding carboxylic acids is 2. The first-order valence-electron chi connectivity index (χ1n) is 31.6. The molecule has 28 atom stereocenters. The first kappa shape index (κ1) is 65.8. The zero-order valence-corrected chi connectivity index (χ0v) is 52.6. The van der Waals surface area contributed by atoms with Gasteiger partial charge in [-0.05, 0) is 257 Å². The molecular formula is C67H109LiN3O6P. The van der Waals surface area contributed by atoms with Gasteiger partial charge in [0.1, 0.15) is 11.6 Å². The Hall–Kier alpha value is -1.32. The molecule has 0 saturated heterocycles. The molecule has 434 valence electrons. The fourth-order valence-electron chi connectivity index (χ4n) is 23.9. The van der Waals surface area contributed by atoms with Crippen molar-refractivity contribution in [3.8, 4) is 18.2 Å². The molecule has 0 bridgehead atoms. The van der Waals surface area contributed by atoms with Gasteiger partial charge in [-0.3, -0.25) is 9.59 Å². The summed E-state index contributed by atoms with van der Waals surface area (Å²) in [6.07, 6.45) is 22.7. The van der Waals surface area contributed by atoms with E-state index in [-0.39, 0.29) is 98.7 Å². The summed E-state index contributed by atoms with van der Waals surface area (Å²) in [5, 5.41) is 50.4. The number of nitrogens with zero attached hydrogens (tertiary/aromatic N) is 3. The van der Waals surface area contributed by atoms with Crippen molar-refractivity contribution in [2.24, 2.45) is 151 Å². The predicted octanol–water partition coefficient (Wildman–Crippen LogP) is 11.1. The van der Waals surface area contributed by atoms with Crippen molar-refractivity contribution in [3.63, 3.8) is 0 Å². The molecule has 5 N–H and O–H groups in total. The van der Waals surface area contributed by atoms with Gasteiger partial charge in [0.15, 0.2) is 0 Å². The van der Waals surface area contributed by atoms with Crippen LogP contribution in [-0.2, 0) is 9.59 Å². The molecule has 0 unspecified atom stereocenters. The molecule has 0 amide bonds. The summed E-state index contributed by atoms with van der Waals surface area (Å²) in [6, 6.07) is 7.65. The maximum Gasteiger partial charge on any atom is 1.00 e. The van der Waals surface area contributed by atoms with E-state index in [4.69, 9.17) is 0 Å². The summed E-state index contributed by atoms with van der Waals surface area (Å²) in [4.78, 5) is 26.7. The molecule has 0 aliphatic heterocycles. The number of fused-ring (bicyclic) bond motifs is 15. The summed E-state index contributed by atoms with van der Waals surface area (Å²) in [5.41, 5.74) is 0.537. The molecule has 12 rings (SSSR count). The van der Waals surface area contributed by atoms with Gasteiger partial charge in [-0.2, -0.15) is 15.8 Å². The number of ketones is 2. The maximum absolute atomic E-state index is 13.4. The van der Waals surface area contributed by atoms with Crippen LogP contribution in [0.15, 0.2) is 0 Å². The van der Waals surface area contributed by atoms with Crippen LogP contribution < -0.4 is 18.9 Å². The quantitative estimate of drug-likeness (QED) is 0.176. The van der Waals surface area contributed by atoms with E-state index in [0.717, 1.165) is 102 Å². The zero-order valence-electron chi connectivity index (χ0n) is 51.6. The van der Waals surface area contributed by atoms with E-state index < -0.39 is 0 Å². The van der Waals surface area contributed by atoms with Crippen LogP contribution in [0.4, 0.5) is 0 Å². The van der Waals surface area contributed by atoms with E-state index in [9.17, 15) is 35.6 Å². The smallest absolute Gasteiger partial charge is 0.870 e. The van der Waals surface area contributed by atoms with Crippen molar-refractivity contribution in [2.75, 3.05) is 13.3 Å². The molecule has 12 saturated carbocycles. The van der Waals surface area contributed by atoms with E-state index in [0.29, 0.717) is 83.1 Å². The normalized spacial score (nSPS) is 53.6. The Morgan fingerprint density at radius 3 is 1.21 bits per heavy atom. The molecule has 0 spiro atoms. The number of carbonyl (C=O) groups is 2. The summed E-state index contributed by atoms with van der Waals surface area (Å²) < 4.78 is 0. The van der Waals surface area contributed by atoms with Crippen LogP contribution in [-0.4, -0.2) is 58.3 Å². The molecule has 11 heteroatoms. The molecule has 0 radical (unpaired) electrons. The molecule has 9 nitrogen and oxygen atoms in total. The van der Waals surface area contributed by atoms with Crippen molar-refractivity contribution >= 4 is 20.1 Å². The number of aliphatic hydroxyl groups excluding tert-OH is 2. The van der Waals surface area contributed by atoms with E-state index in [1.165, 1.54) is 64.2 Å². The number of rotatable bonds is 0. The third kappa shape index (κ3) is 10.2. The van der Waals surface area contributed by atoms with Crippen LogP contribution in [0.5, 0.6) is 0 Å². The maximum atomic E-state index is 13.4. The molecule has 0 aromatic heterocycles. The summed E-state index contributed by atoms with van der Waals surface area (Å²) in [6.45, 7) is 30.3. The van der Waals surface area contributed by atoms with Crippen molar-refractivity contribution in [2.45, 2.75) is 223 Å². The number of Topliss-reactive ketones (excluding diaryl/α,β-unsaturated/α-hetero) is 2. The Bertz CT molecular complexity index is 2160. The molecule has 0 heterocycles. The van der Waals surface area contributed by atoms with Gasteiger partial charge in [0.25, 0.3) is 0 Å². The van der Waals surface area contributed by atoms with Gasteiger partial charge < -0.3 is 21.2 Å². The van der Waals surface area contributed by atoms with E-state index in [2.05, 4.69) is 108 Å². The Kier molecular flexibility index (Phi) is 20.5. The molecule has 12 aliphatic rings. The monoisotopic (exact) mass is 1090 g/mol. The minimum absolute atomic E-state index is 0. The minimum atomic E-state index is -0.196. The SMILES string of the molecule is CPC.C[C@H]1[C@H](C)CC[C@@]2(C)[C@H]1CC[C@H]1[C@@H]3CC[C@H](C#N)[C@@]3(C)CC(=O)[C@@H]12.C[C@H]1[C@H](C)CC[C@]2(C)[C@@H]3[C@@H](CC[C@@H]12)[C@@H]1CC[C@H](C#N)[C@@]1(C)C[C@@H]3O.C[C@H]1[C@H](O)CC[C@@]2(C)[C@H]1CC[C@H]1[C@@H]3CC[C@H](C#N)[C@@]3(C)CC(=O)[C@@H]12.O.[Li+].[OH-]. The second kappa shape index (κ2) is 24.3. The van der Waals surface area contributed by atoms with Crippen LogP contribution in [0.25, 0.3) is 0 Å². The summed E-state index contributed by atoms with van der Waals surface area (Å²) in [7, 11) is 1.08. The Morgan fingerprint density at radius 2 is 0.782 bits per heavy atom. The first-order chi connectivity index (χ1) is 35.4. The van der Waals surface area contributed by atoms with Gasteiger partial charge in [0.05, 0.1) is 48.2 Å². The van der Waals surface area contributed by atoms with Crippen LogP contribution in [0, 0.1) is 185 Å². The zero-order chi connectivity index (χ0) is 54.5. The van der Waals surface area contributed by atoms with Crippen molar-refractivity contribution < 1.29 is 49.6 Å². The van der Waals surface area contributed by atoms with Gasteiger partial charge in [-0.1, -0.05) is 76.2 Å². The second-order valence-electron chi connectivity index (χ2n) is 30.9. The molecule has 0 aromatic rings. The largest absolute Gasteiger partial charge is 1.00 e. The van der Waals surface area contributed by atoms with Gasteiger partial charge in [-0.15, -0.1) is 8.58 Å². The molecule has 12 fully saturated rings. The topological polar surface area (TPSA) is 207 Å². The summed E-state index contributed by atoms with van der Waals surface area (Å²) >= 11 is 0. The van der Waals surface area contributed by atoms with Crippen molar-refractivity contribution in [3.05, 3.63) is 0 Å². The van der Waals surface area contributed by atoms with Gasteiger partial charge in [0, 0.05) is 24.7 Å². The van der Waals surface area contributed by atoms with Crippen molar-refractivity contribution in [1.82, 2.24) is 0 Å². The number of hydrogen-bond donors (Lipinski definition) is 2. The molecule has 78 heavy (non-hydrogen) atoms. The van der Waals surface area contributed by atoms with Crippen LogP contribution in [0.1, 0.15) is 211 Å². The molecular weight excluding hydrogens is 981 g/mol. The third-order valence-electron chi connectivity index (χ3n) is 28.1. The predicted molar refractivity (Wildman–Crippen MR) is 308 cm³/mol. The molecule has 12 aliphatic carbocycles. The number of aliphatic hydroxyl groups is 2. The third-order valence-corrected chi connectivity index (χ3v) is 28.1. The Morgan fingerprint density at radius 1 is 0.449 bits per heavy atom. The average Bonchev–Trinajstić information content (AvgIpc) is 4.01. The minimum Gasteiger partial charge on any atom is -0.870 e. The van der Waals surface area contributed by atoms with Crippen LogP contribution in [0.3, 0.4) is 0 Å². The second-order valence-corrected chi connectivity index (χ2v) is 31.9. The van der Waals surface area contributed by atoms with E-state index in [1.807, 2.05) is 0 Å². The van der Waals surface area contributed by atoms with E-state index >= 15 is 0 Å².